The van der Waals surface area contributed by atoms with Gasteiger partial charge in [-0.15, -0.1) is 0 Å². The topological polar surface area (TPSA) is 17.1 Å². The van der Waals surface area contributed by atoms with Crippen molar-refractivity contribution in [3.05, 3.63) is 48.0 Å². The highest BCUT2D eigenvalue weighted by molar-refractivity contribution is 5.88. The predicted molar refractivity (Wildman–Crippen MR) is 71.0 cm³/mol. The first-order valence-corrected chi connectivity index (χ1v) is 6.57. The van der Waals surface area contributed by atoms with Crippen LogP contribution in [0, 0.1) is 5.92 Å². The third kappa shape index (κ3) is 2.85. The molecule has 90 valence electrons. The summed E-state index contributed by atoms with van der Waals surface area (Å²) >= 11 is 0. The second kappa shape index (κ2) is 5.81. The first-order chi connectivity index (χ1) is 8.33. The van der Waals surface area contributed by atoms with E-state index in [-0.39, 0.29) is 5.92 Å². The first kappa shape index (κ1) is 12.1. The Bertz CT molecular complexity index is 391. The fraction of sp³-hybridized carbons (Fsp3) is 0.438. The normalized spacial score (nSPS) is 23.9. The molecule has 1 aromatic carbocycles. The zero-order chi connectivity index (χ0) is 12.1. The van der Waals surface area contributed by atoms with Crippen LogP contribution in [0.4, 0.5) is 0 Å². The van der Waals surface area contributed by atoms with Gasteiger partial charge in [-0.2, -0.15) is 0 Å². The number of carbonyl (C=O) groups excluding carboxylic acids is 1. The summed E-state index contributed by atoms with van der Waals surface area (Å²) in [5, 5.41) is 0. The second-order valence-corrected chi connectivity index (χ2v) is 4.79. The van der Waals surface area contributed by atoms with Gasteiger partial charge in [-0.3, -0.25) is 4.79 Å². The molecule has 2 rings (SSSR count). The molecule has 0 N–H and O–H groups in total. The van der Waals surface area contributed by atoms with Crippen LogP contribution >= 0.6 is 0 Å². The van der Waals surface area contributed by atoms with Crippen molar-refractivity contribution in [2.45, 2.75) is 38.5 Å². The molecule has 1 heteroatoms. The molecule has 0 aliphatic heterocycles. The van der Waals surface area contributed by atoms with E-state index in [9.17, 15) is 4.79 Å². The zero-order valence-corrected chi connectivity index (χ0v) is 10.4. The fourth-order valence-electron chi connectivity index (χ4n) is 2.63. The van der Waals surface area contributed by atoms with E-state index in [0.717, 1.165) is 6.42 Å². The highest BCUT2D eigenvalue weighted by Gasteiger charge is 2.29. The minimum Gasteiger partial charge on any atom is -0.299 e. The van der Waals surface area contributed by atoms with E-state index in [4.69, 9.17) is 0 Å². The van der Waals surface area contributed by atoms with Gasteiger partial charge in [0.2, 0.25) is 0 Å². The zero-order valence-electron chi connectivity index (χ0n) is 10.4. The molecule has 0 amide bonds. The number of rotatable bonds is 4. The molecule has 0 radical (unpaired) electrons. The summed E-state index contributed by atoms with van der Waals surface area (Å²) in [6, 6.07) is 10.2. The summed E-state index contributed by atoms with van der Waals surface area (Å²) in [6.07, 6.45) is 8.41. The van der Waals surface area contributed by atoms with E-state index in [2.05, 4.69) is 25.1 Å². The van der Waals surface area contributed by atoms with Gasteiger partial charge in [-0.05, 0) is 17.9 Å². The van der Waals surface area contributed by atoms with E-state index in [1.807, 2.05) is 24.3 Å². The molecule has 2 atom stereocenters. The fourth-order valence-corrected chi connectivity index (χ4v) is 2.63. The van der Waals surface area contributed by atoms with Gasteiger partial charge in [-0.25, -0.2) is 0 Å². The molecule has 1 nitrogen and oxygen atoms in total. The summed E-state index contributed by atoms with van der Waals surface area (Å²) in [6.45, 7) is 2.20. The number of carbonyl (C=O) groups is 1. The maximum atomic E-state index is 12.1. The van der Waals surface area contributed by atoms with Gasteiger partial charge in [0, 0.05) is 12.3 Å². The Balaban J connectivity index is 2.21. The standard InChI is InChI=1S/C16H20O/c1-2-3-8-13-11-7-12-15(17)16(13)14-9-5-4-6-10-14/h4-7,9-11,13,16H,2-3,8,12H2,1H3/t13-,16?/m1/s1. The van der Waals surface area contributed by atoms with Gasteiger partial charge in [0.05, 0.1) is 0 Å². The van der Waals surface area contributed by atoms with Crippen LogP contribution in [0.2, 0.25) is 0 Å². The molecule has 0 spiro atoms. The van der Waals surface area contributed by atoms with Gasteiger partial charge < -0.3 is 0 Å². The summed E-state index contributed by atoms with van der Waals surface area (Å²) in [4.78, 5) is 12.1. The van der Waals surface area contributed by atoms with Crippen LogP contribution in [0.25, 0.3) is 0 Å². The maximum Gasteiger partial charge on any atom is 0.144 e. The van der Waals surface area contributed by atoms with Crippen LogP contribution < -0.4 is 0 Å². The van der Waals surface area contributed by atoms with Crippen molar-refractivity contribution in [3.8, 4) is 0 Å². The average Bonchev–Trinajstić information content (AvgIpc) is 2.37. The van der Waals surface area contributed by atoms with Crippen molar-refractivity contribution < 1.29 is 4.79 Å². The van der Waals surface area contributed by atoms with E-state index in [0.29, 0.717) is 18.1 Å². The van der Waals surface area contributed by atoms with Gasteiger partial charge in [0.15, 0.2) is 0 Å². The van der Waals surface area contributed by atoms with Crippen LogP contribution in [-0.2, 0) is 4.79 Å². The van der Waals surface area contributed by atoms with Crippen LogP contribution in [0.3, 0.4) is 0 Å². The molecule has 0 heterocycles. The van der Waals surface area contributed by atoms with Crippen LogP contribution in [0.1, 0.15) is 44.1 Å². The first-order valence-electron chi connectivity index (χ1n) is 6.57. The Hall–Kier alpha value is -1.37. The minimum atomic E-state index is 0.0905. The van der Waals surface area contributed by atoms with Crippen LogP contribution in [0.15, 0.2) is 42.5 Å². The van der Waals surface area contributed by atoms with Crippen molar-refractivity contribution >= 4 is 5.78 Å². The molecule has 0 saturated carbocycles. The average molecular weight is 228 g/mol. The van der Waals surface area contributed by atoms with Crippen LogP contribution in [0.5, 0.6) is 0 Å². The lowest BCUT2D eigenvalue weighted by atomic mass is 9.76. The number of hydrogen-bond acceptors (Lipinski definition) is 1. The Morgan fingerprint density at radius 1 is 1.24 bits per heavy atom. The van der Waals surface area contributed by atoms with E-state index in [1.54, 1.807) is 0 Å². The molecule has 0 bridgehead atoms. The molecule has 1 aliphatic carbocycles. The van der Waals surface area contributed by atoms with Crippen LogP contribution in [-0.4, -0.2) is 5.78 Å². The third-order valence-corrected chi connectivity index (χ3v) is 3.53. The maximum absolute atomic E-state index is 12.1. The largest absolute Gasteiger partial charge is 0.299 e. The second-order valence-electron chi connectivity index (χ2n) is 4.79. The third-order valence-electron chi connectivity index (χ3n) is 3.53. The highest BCUT2D eigenvalue weighted by Crippen LogP contribution is 2.34. The number of hydrogen-bond donors (Lipinski definition) is 0. The summed E-state index contributed by atoms with van der Waals surface area (Å²) in [7, 11) is 0. The lowest BCUT2D eigenvalue weighted by Gasteiger charge is -2.26. The smallest absolute Gasteiger partial charge is 0.144 e. The SMILES string of the molecule is CCCC[C@@H]1C=CCC(=O)C1c1ccccc1. The van der Waals surface area contributed by atoms with Crippen molar-refractivity contribution in [1.29, 1.82) is 0 Å². The quantitative estimate of drug-likeness (QED) is 0.709. The van der Waals surface area contributed by atoms with Crippen molar-refractivity contribution in [3.63, 3.8) is 0 Å². The summed E-state index contributed by atoms with van der Waals surface area (Å²) in [5.41, 5.74) is 1.18. The number of ketones is 1. The molecule has 0 saturated heterocycles. The van der Waals surface area contributed by atoms with Crippen molar-refractivity contribution in [2.24, 2.45) is 5.92 Å². The van der Waals surface area contributed by atoms with E-state index in [1.165, 1.54) is 18.4 Å². The molecular weight excluding hydrogens is 208 g/mol. The number of benzene rings is 1. The van der Waals surface area contributed by atoms with Gasteiger partial charge in [0.25, 0.3) is 0 Å². The lowest BCUT2D eigenvalue weighted by Crippen LogP contribution is -2.23. The Labute approximate surface area is 104 Å². The highest BCUT2D eigenvalue weighted by atomic mass is 16.1. The molecule has 1 aromatic rings. The van der Waals surface area contributed by atoms with Gasteiger partial charge >= 0.3 is 0 Å². The molecule has 0 aromatic heterocycles. The Morgan fingerprint density at radius 2 is 2.00 bits per heavy atom. The Kier molecular flexibility index (Phi) is 4.13. The Morgan fingerprint density at radius 3 is 2.71 bits per heavy atom. The van der Waals surface area contributed by atoms with Crippen molar-refractivity contribution in [1.82, 2.24) is 0 Å². The van der Waals surface area contributed by atoms with E-state index < -0.39 is 0 Å². The summed E-state index contributed by atoms with van der Waals surface area (Å²) in [5.74, 6) is 0.867. The molecule has 17 heavy (non-hydrogen) atoms. The number of unbranched alkanes of at least 4 members (excludes halogenated alkanes) is 1. The molecule has 1 unspecified atom stereocenters. The number of Topliss-reactive ketones (excluding diaryl/α,β-unsaturated/α-hetero) is 1. The number of allylic oxidation sites excluding steroid dienone is 2. The predicted octanol–water partition coefficient (Wildman–Crippen LogP) is 4.11. The monoisotopic (exact) mass is 228 g/mol. The van der Waals surface area contributed by atoms with Gasteiger partial charge in [0.1, 0.15) is 5.78 Å². The molecular formula is C16H20O. The van der Waals surface area contributed by atoms with E-state index >= 15 is 0 Å². The minimum absolute atomic E-state index is 0.0905. The molecule has 1 aliphatic rings. The summed E-state index contributed by atoms with van der Waals surface area (Å²) < 4.78 is 0. The van der Waals surface area contributed by atoms with Gasteiger partial charge in [-0.1, -0.05) is 62.2 Å². The lowest BCUT2D eigenvalue weighted by molar-refractivity contribution is -0.120. The molecule has 0 fully saturated rings. The van der Waals surface area contributed by atoms with Crippen molar-refractivity contribution in [2.75, 3.05) is 0 Å².